The van der Waals surface area contributed by atoms with Crippen LogP contribution in [0.25, 0.3) is 0 Å². The highest BCUT2D eigenvalue weighted by molar-refractivity contribution is 7.90. The Hall–Kier alpha value is -1.60. The van der Waals surface area contributed by atoms with Gasteiger partial charge in [0, 0.05) is 32.2 Å². The van der Waals surface area contributed by atoms with Gasteiger partial charge in [-0.1, -0.05) is 20.8 Å². The average molecular weight is 396 g/mol. The monoisotopic (exact) mass is 395 g/mol. The lowest BCUT2D eigenvalue weighted by molar-refractivity contribution is 0.150. The van der Waals surface area contributed by atoms with Crippen molar-refractivity contribution in [3.63, 3.8) is 0 Å². The van der Waals surface area contributed by atoms with Gasteiger partial charge in [0.25, 0.3) is 10.0 Å². The molecule has 1 N–H and O–H groups in total. The number of ether oxygens (including phenoxy) is 1. The van der Waals surface area contributed by atoms with Crippen LogP contribution in [0.2, 0.25) is 0 Å². The summed E-state index contributed by atoms with van der Waals surface area (Å²) in [6, 6.07) is 5.31. The third kappa shape index (κ3) is 6.21. The quantitative estimate of drug-likeness (QED) is 0.567. The minimum absolute atomic E-state index is 0.176. The standard InChI is InChI=1S/C20H33N3O3S/c1-15-9-17(12-20(2,3)11-15)21-13-16-10-18(7-8-19(16)26-6)27(24,25)22-14-23(4)5/h7-8,10,14-15,17,21H,9,11-13H2,1-6H3. The van der Waals surface area contributed by atoms with E-state index in [4.69, 9.17) is 4.74 Å². The number of rotatable bonds is 7. The third-order valence-corrected chi connectivity index (χ3v) is 6.16. The molecule has 0 saturated heterocycles. The largest absolute Gasteiger partial charge is 0.496 e. The van der Waals surface area contributed by atoms with Gasteiger partial charge in [-0.15, -0.1) is 4.40 Å². The molecule has 0 bridgehead atoms. The molecular weight excluding hydrogens is 362 g/mol. The molecular formula is C20H33N3O3S. The van der Waals surface area contributed by atoms with Crippen LogP contribution in [0.4, 0.5) is 0 Å². The molecule has 1 fully saturated rings. The molecule has 0 radical (unpaired) electrons. The van der Waals surface area contributed by atoms with Crippen LogP contribution < -0.4 is 10.1 Å². The fraction of sp³-hybridized carbons (Fsp3) is 0.650. The van der Waals surface area contributed by atoms with E-state index in [1.807, 2.05) is 0 Å². The molecule has 1 saturated carbocycles. The van der Waals surface area contributed by atoms with Gasteiger partial charge in [-0.25, -0.2) is 0 Å². The first kappa shape index (κ1) is 21.7. The zero-order chi connectivity index (χ0) is 20.2. The van der Waals surface area contributed by atoms with Gasteiger partial charge in [-0.05, 0) is 48.8 Å². The van der Waals surface area contributed by atoms with E-state index in [-0.39, 0.29) is 4.90 Å². The van der Waals surface area contributed by atoms with Crippen molar-refractivity contribution in [3.05, 3.63) is 23.8 Å². The molecule has 0 aromatic heterocycles. The smallest absolute Gasteiger partial charge is 0.283 e. The molecule has 1 aliphatic carbocycles. The van der Waals surface area contributed by atoms with Crippen molar-refractivity contribution in [2.75, 3.05) is 21.2 Å². The van der Waals surface area contributed by atoms with E-state index in [0.29, 0.717) is 29.7 Å². The van der Waals surface area contributed by atoms with Gasteiger partial charge in [-0.2, -0.15) is 8.42 Å². The molecule has 2 rings (SSSR count). The van der Waals surface area contributed by atoms with Gasteiger partial charge in [-0.3, -0.25) is 0 Å². The summed E-state index contributed by atoms with van der Waals surface area (Å²) in [5.41, 5.74) is 1.15. The molecule has 7 heteroatoms. The summed E-state index contributed by atoms with van der Waals surface area (Å²) >= 11 is 0. The van der Waals surface area contributed by atoms with Crippen molar-refractivity contribution in [1.82, 2.24) is 10.2 Å². The van der Waals surface area contributed by atoms with E-state index in [9.17, 15) is 8.42 Å². The Morgan fingerprint density at radius 1 is 1.33 bits per heavy atom. The summed E-state index contributed by atoms with van der Waals surface area (Å²) in [6.07, 6.45) is 4.79. The summed E-state index contributed by atoms with van der Waals surface area (Å²) in [7, 11) is 1.33. The predicted octanol–water partition coefficient (Wildman–Crippen LogP) is 3.28. The molecule has 0 aliphatic heterocycles. The van der Waals surface area contributed by atoms with Gasteiger partial charge in [0.15, 0.2) is 0 Å². The summed E-state index contributed by atoms with van der Waals surface area (Å²) in [5, 5.41) is 3.61. The average Bonchev–Trinajstić information content (AvgIpc) is 2.56. The SMILES string of the molecule is COc1ccc(S(=O)(=O)N=CN(C)C)cc1CNC1CC(C)CC(C)(C)C1. The van der Waals surface area contributed by atoms with Crippen molar-refractivity contribution in [2.45, 2.75) is 57.5 Å². The highest BCUT2D eigenvalue weighted by Gasteiger charge is 2.31. The number of sulfonamides is 1. The molecule has 0 heterocycles. The maximum absolute atomic E-state index is 12.4. The van der Waals surface area contributed by atoms with Crippen molar-refractivity contribution >= 4 is 16.4 Å². The first-order valence-electron chi connectivity index (χ1n) is 9.39. The number of benzene rings is 1. The number of nitrogens with zero attached hydrogens (tertiary/aromatic N) is 2. The minimum atomic E-state index is -3.73. The molecule has 0 spiro atoms. The summed E-state index contributed by atoms with van der Waals surface area (Å²) in [5.74, 6) is 1.36. The fourth-order valence-corrected chi connectivity index (χ4v) is 4.99. The molecule has 1 aromatic rings. The van der Waals surface area contributed by atoms with Crippen LogP contribution in [-0.4, -0.2) is 46.9 Å². The van der Waals surface area contributed by atoms with Crippen molar-refractivity contribution in [3.8, 4) is 5.75 Å². The van der Waals surface area contributed by atoms with Gasteiger partial charge in [0.05, 0.1) is 12.0 Å². The Balaban J connectivity index is 2.18. The van der Waals surface area contributed by atoms with Gasteiger partial charge in [0.1, 0.15) is 12.1 Å². The second-order valence-electron chi connectivity index (χ2n) is 8.62. The first-order valence-corrected chi connectivity index (χ1v) is 10.8. The van der Waals surface area contributed by atoms with E-state index in [2.05, 4.69) is 30.5 Å². The van der Waals surface area contributed by atoms with E-state index >= 15 is 0 Å². The summed E-state index contributed by atoms with van der Waals surface area (Å²) < 4.78 is 34.0. The predicted molar refractivity (Wildman–Crippen MR) is 110 cm³/mol. The van der Waals surface area contributed by atoms with E-state index in [1.165, 1.54) is 18.8 Å². The maximum Gasteiger partial charge on any atom is 0.283 e. The molecule has 2 atom stereocenters. The van der Waals surface area contributed by atoms with Crippen LogP contribution in [0.3, 0.4) is 0 Å². The van der Waals surface area contributed by atoms with E-state index in [1.54, 1.807) is 38.2 Å². The highest BCUT2D eigenvalue weighted by Crippen LogP contribution is 2.38. The number of hydrogen-bond donors (Lipinski definition) is 1. The molecule has 1 aliphatic rings. The topological polar surface area (TPSA) is 71.0 Å². The summed E-state index contributed by atoms with van der Waals surface area (Å²) in [4.78, 5) is 1.77. The van der Waals surface area contributed by atoms with Gasteiger partial charge >= 0.3 is 0 Å². The minimum Gasteiger partial charge on any atom is -0.496 e. The first-order chi connectivity index (χ1) is 12.5. The zero-order valence-electron chi connectivity index (χ0n) is 17.3. The number of nitrogens with one attached hydrogen (secondary N) is 1. The van der Waals surface area contributed by atoms with Crippen molar-refractivity contribution < 1.29 is 13.2 Å². The third-order valence-electron chi connectivity index (χ3n) is 4.93. The molecule has 6 nitrogen and oxygen atoms in total. The molecule has 27 heavy (non-hydrogen) atoms. The Labute approximate surface area is 164 Å². The molecule has 152 valence electrons. The maximum atomic E-state index is 12.4. The van der Waals surface area contributed by atoms with Gasteiger partial charge < -0.3 is 15.0 Å². The second-order valence-corrected chi connectivity index (χ2v) is 10.3. The van der Waals surface area contributed by atoms with Crippen LogP contribution in [0.15, 0.2) is 27.5 Å². The molecule has 0 amide bonds. The lowest BCUT2D eigenvalue weighted by Gasteiger charge is -2.39. The van der Waals surface area contributed by atoms with E-state index < -0.39 is 10.0 Å². The van der Waals surface area contributed by atoms with Crippen molar-refractivity contribution in [2.24, 2.45) is 15.7 Å². The fourth-order valence-electron chi connectivity index (χ4n) is 4.03. The van der Waals surface area contributed by atoms with Crippen LogP contribution in [0.1, 0.15) is 45.6 Å². The van der Waals surface area contributed by atoms with Crippen LogP contribution >= 0.6 is 0 Å². The Morgan fingerprint density at radius 2 is 2.04 bits per heavy atom. The van der Waals surface area contributed by atoms with Crippen LogP contribution in [-0.2, 0) is 16.6 Å². The van der Waals surface area contributed by atoms with E-state index in [0.717, 1.165) is 18.4 Å². The molecule has 1 aromatic carbocycles. The number of methoxy groups -OCH3 is 1. The number of hydrogen-bond acceptors (Lipinski definition) is 4. The molecule has 2 unspecified atom stereocenters. The summed E-state index contributed by atoms with van der Waals surface area (Å²) in [6.45, 7) is 7.49. The zero-order valence-corrected chi connectivity index (χ0v) is 18.1. The van der Waals surface area contributed by atoms with Crippen LogP contribution in [0, 0.1) is 11.3 Å². The lowest BCUT2D eigenvalue weighted by Crippen LogP contribution is -2.39. The van der Waals surface area contributed by atoms with Gasteiger partial charge in [0.2, 0.25) is 0 Å². The van der Waals surface area contributed by atoms with Crippen LogP contribution in [0.5, 0.6) is 5.75 Å². The Kier molecular flexibility index (Phi) is 6.92. The lowest BCUT2D eigenvalue weighted by atomic mass is 9.70. The highest BCUT2D eigenvalue weighted by atomic mass is 32.2. The van der Waals surface area contributed by atoms with Crippen molar-refractivity contribution in [1.29, 1.82) is 0 Å². The Bertz CT molecular complexity index is 773. The second kappa shape index (κ2) is 8.61. The normalized spacial score (nSPS) is 22.7. The Morgan fingerprint density at radius 3 is 2.63 bits per heavy atom.